The summed E-state index contributed by atoms with van der Waals surface area (Å²) >= 11 is 0. The van der Waals surface area contributed by atoms with E-state index in [1.165, 1.54) is 11.3 Å². The predicted molar refractivity (Wildman–Crippen MR) is 63.1 cm³/mol. The van der Waals surface area contributed by atoms with Gasteiger partial charge in [0.1, 0.15) is 0 Å². The van der Waals surface area contributed by atoms with Gasteiger partial charge in [-0.15, -0.1) is 0 Å². The summed E-state index contributed by atoms with van der Waals surface area (Å²) in [7, 11) is 2.12. The van der Waals surface area contributed by atoms with Crippen LogP contribution in [0.2, 0.25) is 0 Å². The molecular formula is C12H14N4. The van der Waals surface area contributed by atoms with Crippen LogP contribution in [0, 0.1) is 0 Å². The van der Waals surface area contributed by atoms with Crippen molar-refractivity contribution < 1.29 is 0 Å². The van der Waals surface area contributed by atoms with Gasteiger partial charge in [0.05, 0.1) is 17.6 Å². The van der Waals surface area contributed by atoms with E-state index >= 15 is 0 Å². The Hall–Kier alpha value is -1.81. The summed E-state index contributed by atoms with van der Waals surface area (Å²) in [5, 5.41) is 4.42. The molecule has 2 heterocycles. The van der Waals surface area contributed by atoms with Gasteiger partial charge < -0.3 is 5.73 Å². The van der Waals surface area contributed by atoms with E-state index in [0.717, 1.165) is 24.5 Å². The number of nitrogens with two attached hydrogens (primary N) is 1. The molecule has 0 saturated heterocycles. The molecule has 0 bridgehead atoms. The maximum atomic E-state index is 5.68. The first-order valence-corrected chi connectivity index (χ1v) is 5.34. The molecule has 16 heavy (non-hydrogen) atoms. The molecule has 1 aliphatic heterocycles. The van der Waals surface area contributed by atoms with E-state index in [1.807, 2.05) is 35.1 Å². The lowest BCUT2D eigenvalue weighted by molar-refractivity contribution is 0.346. The lowest BCUT2D eigenvalue weighted by atomic mass is 10.2. The molecule has 1 aromatic carbocycles. The summed E-state index contributed by atoms with van der Waals surface area (Å²) in [6.45, 7) is 1.95. The SMILES string of the molecule is CN1Cc2cnn(-c3ccc(N)cc3)c2C1. The topological polar surface area (TPSA) is 47.1 Å². The van der Waals surface area contributed by atoms with E-state index in [0.29, 0.717) is 0 Å². The van der Waals surface area contributed by atoms with E-state index < -0.39 is 0 Å². The zero-order valence-corrected chi connectivity index (χ0v) is 9.22. The second-order valence-electron chi connectivity index (χ2n) is 4.29. The average Bonchev–Trinajstić information content (AvgIpc) is 2.78. The molecule has 1 aromatic heterocycles. The molecule has 0 spiro atoms. The normalized spacial score (nSPS) is 15.3. The van der Waals surface area contributed by atoms with Gasteiger partial charge in [-0.25, -0.2) is 4.68 Å². The van der Waals surface area contributed by atoms with E-state index in [-0.39, 0.29) is 0 Å². The Morgan fingerprint density at radius 3 is 2.69 bits per heavy atom. The lowest BCUT2D eigenvalue weighted by Gasteiger charge is -2.08. The van der Waals surface area contributed by atoms with Crippen molar-refractivity contribution in [3.05, 3.63) is 41.7 Å². The number of hydrogen-bond donors (Lipinski definition) is 1. The van der Waals surface area contributed by atoms with E-state index in [1.54, 1.807) is 0 Å². The molecule has 0 amide bonds. The Bertz CT molecular complexity index is 512. The maximum absolute atomic E-state index is 5.68. The van der Waals surface area contributed by atoms with E-state index in [2.05, 4.69) is 17.0 Å². The van der Waals surface area contributed by atoms with E-state index in [4.69, 9.17) is 5.73 Å². The quantitative estimate of drug-likeness (QED) is 0.730. The largest absolute Gasteiger partial charge is 0.399 e. The van der Waals surface area contributed by atoms with Crippen molar-refractivity contribution in [3.63, 3.8) is 0 Å². The number of nitrogens with zero attached hydrogens (tertiary/aromatic N) is 3. The molecule has 4 nitrogen and oxygen atoms in total. The minimum Gasteiger partial charge on any atom is -0.399 e. The number of hydrogen-bond acceptors (Lipinski definition) is 3. The fourth-order valence-corrected chi connectivity index (χ4v) is 2.15. The molecule has 2 N–H and O–H groups in total. The highest BCUT2D eigenvalue weighted by atomic mass is 15.3. The third-order valence-electron chi connectivity index (χ3n) is 2.95. The molecule has 0 aliphatic carbocycles. The number of benzene rings is 1. The number of rotatable bonds is 1. The van der Waals surface area contributed by atoms with Gasteiger partial charge in [-0.3, -0.25) is 4.90 Å². The average molecular weight is 214 g/mol. The van der Waals surface area contributed by atoms with Crippen LogP contribution in [0.5, 0.6) is 0 Å². The van der Waals surface area contributed by atoms with Crippen molar-refractivity contribution in [1.82, 2.24) is 14.7 Å². The zero-order valence-electron chi connectivity index (χ0n) is 9.22. The van der Waals surface area contributed by atoms with Gasteiger partial charge in [-0.05, 0) is 31.3 Å². The van der Waals surface area contributed by atoms with Gasteiger partial charge in [-0.1, -0.05) is 0 Å². The van der Waals surface area contributed by atoms with Crippen molar-refractivity contribution >= 4 is 5.69 Å². The highest BCUT2D eigenvalue weighted by Gasteiger charge is 2.21. The number of fused-ring (bicyclic) bond motifs is 1. The standard InChI is InChI=1S/C12H14N4/c1-15-7-9-6-14-16(12(9)8-15)11-4-2-10(13)3-5-11/h2-6H,7-8,13H2,1H3. The van der Waals surface area contributed by atoms with Crippen LogP contribution in [0.25, 0.3) is 5.69 Å². The Kier molecular flexibility index (Phi) is 1.97. The molecule has 0 fully saturated rings. The first-order valence-electron chi connectivity index (χ1n) is 5.34. The van der Waals surface area contributed by atoms with Gasteiger partial charge in [0.15, 0.2) is 0 Å². The van der Waals surface area contributed by atoms with Crippen LogP contribution in [0.3, 0.4) is 0 Å². The molecular weight excluding hydrogens is 200 g/mol. The fraction of sp³-hybridized carbons (Fsp3) is 0.250. The minimum atomic E-state index is 0.782. The van der Waals surface area contributed by atoms with Gasteiger partial charge in [0.25, 0.3) is 0 Å². The van der Waals surface area contributed by atoms with Crippen molar-refractivity contribution in [2.75, 3.05) is 12.8 Å². The van der Waals surface area contributed by atoms with Gasteiger partial charge >= 0.3 is 0 Å². The molecule has 2 aromatic rings. The molecule has 0 unspecified atom stereocenters. The third kappa shape index (κ3) is 1.39. The first-order chi connectivity index (χ1) is 7.74. The molecule has 0 atom stereocenters. The van der Waals surface area contributed by atoms with Crippen LogP contribution in [-0.4, -0.2) is 21.7 Å². The van der Waals surface area contributed by atoms with E-state index in [9.17, 15) is 0 Å². The second kappa shape index (κ2) is 3.35. The molecule has 0 radical (unpaired) electrons. The van der Waals surface area contributed by atoms with Crippen LogP contribution >= 0.6 is 0 Å². The summed E-state index contributed by atoms with van der Waals surface area (Å²) < 4.78 is 2.00. The van der Waals surface area contributed by atoms with Crippen LogP contribution in [0.15, 0.2) is 30.5 Å². The highest BCUT2D eigenvalue weighted by molar-refractivity contribution is 5.46. The monoisotopic (exact) mass is 214 g/mol. The van der Waals surface area contributed by atoms with Gasteiger partial charge in [0, 0.05) is 24.3 Å². The third-order valence-corrected chi connectivity index (χ3v) is 2.95. The van der Waals surface area contributed by atoms with Crippen LogP contribution < -0.4 is 5.73 Å². The second-order valence-corrected chi connectivity index (χ2v) is 4.29. The Morgan fingerprint density at radius 1 is 1.19 bits per heavy atom. The zero-order chi connectivity index (χ0) is 11.1. The molecule has 4 heteroatoms. The van der Waals surface area contributed by atoms with Crippen LogP contribution in [0.4, 0.5) is 5.69 Å². The summed E-state index contributed by atoms with van der Waals surface area (Å²) in [5.41, 5.74) is 10.1. The maximum Gasteiger partial charge on any atom is 0.0651 e. The van der Waals surface area contributed by atoms with Crippen molar-refractivity contribution in [1.29, 1.82) is 0 Å². The lowest BCUT2D eigenvalue weighted by Crippen LogP contribution is -2.11. The van der Waals surface area contributed by atoms with Crippen LogP contribution in [-0.2, 0) is 13.1 Å². The van der Waals surface area contributed by atoms with Crippen molar-refractivity contribution in [2.24, 2.45) is 0 Å². The van der Waals surface area contributed by atoms with Crippen molar-refractivity contribution in [3.8, 4) is 5.69 Å². The highest BCUT2D eigenvalue weighted by Crippen LogP contribution is 2.23. The van der Waals surface area contributed by atoms with Crippen molar-refractivity contribution in [2.45, 2.75) is 13.1 Å². The predicted octanol–water partition coefficient (Wildman–Crippen LogP) is 1.40. The fourth-order valence-electron chi connectivity index (χ4n) is 2.15. The Morgan fingerprint density at radius 2 is 1.94 bits per heavy atom. The summed E-state index contributed by atoms with van der Waals surface area (Å²) in [6, 6.07) is 7.81. The smallest absolute Gasteiger partial charge is 0.0651 e. The number of anilines is 1. The Labute approximate surface area is 94.3 Å². The summed E-state index contributed by atoms with van der Waals surface area (Å²) in [6.07, 6.45) is 1.95. The molecule has 82 valence electrons. The van der Waals surface area contributed by atoms with Gasteiger partial charge in [-0.2, -0.15) is 5.10 Å². The molecule has 1 aliphatic rings. The number of aromatic nitrogens is 2. The molecule has 3 rings (SSSR count). The van der Waals surface area contributed by atoms with Gasteiger partial charge in [0.2, 0.25) is 0 Å². The number of nitrogen functional groups attached to an aromatic ring is 1. The van der Waals surface area contributed by atoms with Crippen LogP contribution in [0.1, 0.15) is 11.3 Å². The minimum absolute atomic E-state index is 0.782. The Balaban J connectivity index is 2.05. The summed E-state index contributed by atoms with van der Waals surface area (Å²) in [4.78, 5) is 2.28. The summed E-state index contributed by atoms with van der Waals surface area (Å²) in [5.74, 6) is 0. The molecule has 0 saturated carbocycles. The first kappa shape index (κ1) is 9.42.